The molecule has 1 saturated heterocycles. The van der Waals surface area contributed by atoms with Crippen LogP contribution < -0.4 is 5.32 Å². The van der Waals surface area contributed by atoms with Gasteiger partial charge in [-0.3, -0.25) is 9.59 Å². The number of esters is 1. The number of hydrogen-bond donors (Lipinski definition) is 6. The number of ether oxygens (including phenoxy) is 3. The number of carbonyl (C=O) groups is 2. The smallest absolute Gasteiger partial charge is 0.305 e. The van der Waals surface area contributed by atoms with Crippen molar-refractivity contribution in [3.8, 4) is 0 Å². The second-order valence-electron chi connectivity index (χ2n) is 19.6. The van der Waals surface area contributed by atoms with Gasteiger partial charge >= 0.3 is 5.97 Å². The molecule has 0 aromatic carbocycles. The van der Waals surface area contributed by atoms with Gasteiger partial charge in [-0.1, -0.05) is 203 Å². The standard InChI is InChI=1S/C58H105NO10/c1-3-5-7-9-11-13-14-15-23-26-30-34-38-42-46-54(63)67-47-43-39-35-31-27-24-21-19-17-16-18-20-22-25-29-33-37-41-45-53(62)59-50(51(61)44-40-36-32-28-12-10-8-6-4-2)49-68-58-57(66)56(65)55(64)52(48-60)69-58/h4,6,12,18,20,28,40,44,50-52,55-58,60-61,64-66H,3,5,7-11,13-17,19,21-27,29-39,41-43,45-49H2,1-2H3,(H,59,62)/b6-4+,20-18-,28-12+,44-40+. The Morgan fingerprint density at radius 1 is 0.551 bits per heavy atom. The first-order valence-electron chi connectivity index (χ1n) is 28.4. The van der Waals surface area contributed by atoms with Crippen molar-refractivity contribution in [2.24, 2.45) is 0 Å². The minimum atomic E-state index is -1.58. The van der Waals surface area contributed by atoms with Crippen LogP contribution in [0.3, 0.4) is 0 Å². The van der Waals surface area contributed by atoms with Crippen molar-refractivity contribution in [2.45, 2.75) is 288 Å². The first-order chi connectivity index (χ1) is 33.7. The molecule has 6 N–H and O–H groups in total. The first-order valence-corrected chi connectivity index (χ1v) is 28.4. The molecule has 11 heteroatoms. The largest absolute Gasteiger partial charge is 0.466 e. The van der Waals surface area contributed by atoms with Crippen LogP contribution in [-0.4, -0.2) is 100 Å². The summed E-state index contributed by atoms with van der Waals surface area (Å²) in [6.07, 6.45) is 49.5. The lowest BCUT2D eigenvalue weighted by molar-refractivity contribution is -0.302. The molecule has 1 aliphatic rings. The maximum Gasteiger partial charge on any atom is 0.305 e. The highest BCUT2D eigenvalue weighted by Gasteiger charge is 2.44. The average Bonchev–Trinajstić information content (AvgIpc) is 3.34. The zero-order valence-corrected chi connectivity index (χ0v) is 44.0. The van der Waals surface area contributed by atoms with Gasteiger partial charge in [-0.25, -0.2) is 0 Å². The van der Waals surface area contributed by atoms with E-state index in [0.717, 1.165) is 89.9 Å². The van der Waals surface area contributed by atoms with Gasteiger partial charge < -0.3 is 45.1 Å². The SMILES string of the molecule is C/C=C/CC/C=C/CC/C=C/C(O)C(COC1OC(CO)C(O)C(O)C1O)NC(=O)CCCCCCC/C=C\CCCCCCCCCCCOC(=O)CCCCCCCCCCCCCCCC. The third-order valence-electron chi connectivity index (χ3n) is 13.2. The Bertz CT molecular complexity index is 1290. The highest BCUT2D eigenvalue weighted by atomic mass is 16.7. The van der Waals surface area contributed by atoms with Crippen LogP contribution in [0.1, 0.15) is 245 Å². The second kappa shape index (κ2) is 47.9. The second-order valence-corrected chi connectivity index (χ2v) is 19.6. The Hall–Kier alpha value is -2.38. The molecule has 1 amide bonds. The number of allylic oxidation sites excluding steroid dienone is 7. The molecule has 1 fully saturated rings. The minimum absolute atomic E-state index is 0.0125. The van der Waals surface area contributed by atoms with Crippen molar-refractivity contribution in [3.63, 3.8) is 0 Å². The van der Waals surface area contributed by atoms with Crippen molar-refractivity contribution >= 4 is 11.9 Å². The third kappa shape index (κ3) is 38.0. The van der Waals surface area contributed by atoms with E-state index < -0.39 is 49.5 Å². The molecule has 11 nitrogen and oxygen atoms in total. The molecule has 0 saturated carbocycles. The van der Waals surface area contributed by atoms with Gasteiger partial charge in [0.1, 0.15) is 24.4 Å². The lowest BCUT2D eigenvalue weighted by Gasteiger charge is -2.40. The van der Waals surface area contributed by atoms with E-state index in [4.69, 9.17) is 14.2 Å². The van der Waals surface area contributed by atoms with E-state index in [0.29, 0.717) is 25.9 Å². The van der Waals surface area contributed by atoms with Gasteiger partial charge in [0.05, 0.1) is 32.0 Å². The average molecular weight is 976 g/mol. The Balaban J connectivity index is 2.06. The number of unbranched alkanes of at least 4 members (excludes halogenated alkanes) is 29. The molecule has 0 spiro atoms. The molecule has 1 aliphatic heterocycles. The molecule has 0 radical (unpaired) electrons. The zero-order chi connectivity index (χ0) is 50.3. The predicted octanol–water partition coefficient (Wildman–Crippen LogP) is 12.5. The molecule has 69 heavy (non-hydrogen) atoms. The quantitative estimate of drug-likeness (QED) is 0.0196. The molecular formula is C58H105NO10. The fourth-order valence-corrected chi connectivity index (χ4v) is 8.70. The van der Waals surface area contributed by atoms with E-state index in [2.05, 4.69) is 42.6 Å². The number of aliphatic hydroxyl groups is 5. The lowest BCUT2D eigenvalue weighted by atomic mass is 9.99. The summed E-state index contributed by atoms with van der Waals surface area (Å²) in [6, 6.07) is -0.843. The van der Waals surface area contributed by atoms with E-state index in [9.17, 15) is 35.1 Å². The molecule has 0 aromatic rings. The van der Waals surface area contributed by atoms with Crippen LogP contribution in [0.4, 0.5) is 0 Å². The summed E-state index contributed by atoms with van der Waals surface area (Å²) in [7, 11) is 0. The Kier molecular flexibility index (Phi) is 44.9. The summed E-state index contributed by atoms with van der Waals surface area (Å²) in [6.45, 7) is 4.06. The Labute approximate surface area is 421 Å². The van der Waals surface area contributed by atoms with E-state index in [1.54, 1.807) is 6.08 Å². The van der Waals surface area contributed by atoms with Gasteiger partial charge in [0.2, 0.25) is 5.91 Å². The van der Waals surface area contributed by atoms with Crippen molar-refractivity contribution in [3.05, 3.63) is 48.6 Å². The Morgan fingerprint density at radius 3 is 1.52 bits per heavy atom. The van der Waals surface area contributed by atoms with Gasteiger partial charge in [0.15, 0.2) is 6.29 Å². The van der Waals surface area contributed by atoms with Crippen LogP contribution in [0.25, 0.3) is 0 Å². The summed E-state index contributed by atoms with van der Waals surface area (Å²) in [4.78, 5) is 25.0. The molecular weight excluding hydrogens is 871 g/mol. The van der Waals surface area contributed by atoms with Crippen LogP contribution >= 0.6 is 0 Å². The van der Waals surface area contributed by atoms with Gasteiger partial charge in [-0.05, 0) is 77.6 Å². The molecule has 7 atom stereocenters. The van der Waals surface area contributed by atoms with E-state index in [1.165, 1.54) is 122 Å². The van der Waals surface area contributed by atoms with Crippen LogP contribution in [0.5, 0.6) is 0 Å². The van der Waals surface area contributed by atoms with Crippen LogP contribution in [0, 0.1) is 0 Å². The van der Waals surface area contributed by atoms with Gasteiger partial charge in [0.25, 0.3) is 0 Å². The number of amides is 1. The Morgan fingerprint density at radius 2 is 1.00 bits per heavy atom. The maximum atomic E-state index is 13.0. The number of nitrogens with one attached hydrogen (secondary N) is 1. The molecule has 0 aromatic heterocycles. The molecule has 1 heterocycles. The summed E-state index contributed by atoms with van der Waals surface area (Å²) >= 11 is 0. The topological polar surface area (TPSA) is 175 Å². The van der Waals surface area contributed by atoms with Gasteiger partial charge in [-0.2, -0.15) is 0 Å². The van der Waals surface area contributed by atoms with Gasteiger partial charge in [-0.15, -0.1) is 0 Å². The molecule has 0 aliphatic carbocycles. The number of aliphatic hydroxyl groups excluding tert-OH is 5. The van der Waals surface area contributed by atoms with Crippen LogP contribution in [-0.2, 0) is 23.8 Å². The van der Waals surface area contributed by atoms with Crippen molar-refractivity contribution in [1.82, 2.24) is 5.32 Å². The lowest BCUT2D eigenvalue weighted by Crippen LogP contribution is -2.60. The molecule has 1 rings (SSSR count). The highest BCUT2D eigenvalue weighted by Crippen LogP contribution is 2.23. The molecule has 402 valence electrons. The summed E-state index contributed by atoms with van der Waals surface area (Å²) in [5.74, 6) is -0.227. The van der Waals surface area contributed by atoms with Crippen molar-refractivity contribution in [1.29, 1.82) is 0 Å². The molecule has 7 unspecified atom stereocenters. The predicted molar refractivity (Wildman–Crippen MR) is 283 cm³/mol. The summed E-state index contributed by atoms with van der Waals surface area (Å²) in [5.41, 5.74) is 0. The van der Waals surface area contributed by atoms with E-state index >= 15 is 0 Å². The molecule has 0 bridgehead atoms. The van der Waals surface area contributed by atoms with E-state index in [1.807, 2.05) is 19.1 Å². The number of rotatable bonds is 48. The third-order valence-corrected chi connectivity index (χ3v) is 13.2. The fraction of sp³-hybridized carbons (Fsp3) is 0.828. The highest BCUT2D eigenvalue weighted by molar-refractivity contribution is 5.76. The fourth-order valence-electron chi connectivity index (χ4n) is 8.70. The van der Waals surface area contributed by atoms with Crippen molar-refractivity contribution in [2.75, 3.05) is 19.8 Å². The number of carbonyl (C=O) groups excluding carboxylic acids is 2. The normalized spacial score (nSPS) is 19.7. The van der Waals surface area contributed by atoms with Crippen LogP contribution in [0.15, 0.2) is 48.6 Å². The summed E-state index contributed by atoms with van der Waals surface area (Å²) < 4.78 is 16.6. The number of hydrogen-bond acceptors (Lipinski definition) is 10. The van der Waals surface area contributed by atoms with E-state index in [-0.39, 0.29) is 18.5 Å². The maximum absolute atomic E-state index is 13.0. The van der Waals surface area contributed by atoms with Gasteiger partial charge in [0, 0.05) is 12.8 Å². The zero-order valence-electron chi connectivity index (χ0n) is 44.0. The summed E-state index contributed by atoms with van der Waals surface area (Å²) in [5, 5.41) is 54.1. The minimum Gasteiger partial charge on any atom is -0.466 e. The monoisotopic (exact) mass is 976 g/mol. The van der Waals surface area contributed by atoms with Crippen LogP contribution in [0.2, 0.25) is 0 Å². The van der Waals surface area contributed by atoms with Crippen molar-refractivity contribution < 1.29 is 49.3 Å². The first kappa shape index (κ1) is 64.6.